The molecule has 0 saturated carbocycles. The molecule has 0 aromatic heterocycles. The van der Waals surface area contributed by atoms with E-state index in [4.69, 9.17) is 17.3 Å². The maximum absolute atomic E-state index is 14.2. The van der Waals surface area contributed by atoms with E-state index in [1.807, 2.05) is 24.3 Å². The zero-order valence-corrected chi connectivity index (χ0v) is 14.9. The molecule has 0 amide bonds. The minimum Gasteiger partial charge on any atom is -0.385 e. The topological polar surface area (TPSA) is 57.2 Å². The summed E-state index contributed by atoms with van der Waals surface area (Å²) in [5.41, 5.74) is 6.85. The molecule has 0 aliphatic carbocycles. The third-order valence-electron chi connectivity index (χ3n) is 5.52. The quantitative estimate of drug-likeness (QED) is 0.897. The van der Waals surface area contributed by atoms with Crippen LogP contribution in [-0.4, -0.2) is 59.4 Å². The number of amidine groups is 2. The summed E-state index contributed by atoms with van der Waals surface area (Å²) < 4.78 is 14.2. The number of alkyl halides is 1. The van der Waals surface area contributed by atoms with Crippen molar-refractivity contribution in [1.29, 1.82) is 0 Å². The molecule has 7 heteroatoms. The van der Waals surface area contributed by atoms with Crippen molar-refractivity contribution in [3.63, 3.8) is 0 Å². The number of nitrogens with zero attached hydrogens (tertiary/aromatic N) is 4. The molecule has 1 aromatic carbocycles. The Hall–Kier alpha value is -1.66. The van der Waals surface area contributed by atoms with E-state index in [0.717, 1.165) is 48.8 Å². The second-order valence-electron chi connectivity index (χ2n) is 7.11. The fraction of sp³-hybridized carbons (Fsp3) is 0.556. The van der Waals surface area contributed by atoms with E-state index in [0.29, 0.717) is 24.8 Å². The van der Waals surface area contributed by atoms with Gasteiger partial charge in [0, 0.05) is 36.7 Å². The van der Waals surface area contributed by atoms with Crippen molar-refractivity contribution >= 4 is 23.3 Å². The molecule has 3 heterocycles. The van der Waals surface area contributed by atoms with Gasteiger partial charge in [0.2, 0.25) is 0 Å². The van der Waals surface area contributed by atoms with E-state index >= 15 is 0 Å². The minimum atomic E-state index is -0.735. The Morgan fingerprint density at radius 2 is 1.88 bits per heavy atom. The van der Waals surface area contributed by atoms with Crippen LogP contribution in [0.2, 0.25) is 5.02 Å². The van der Waals surface area contributed by atoms with Crippen molar-refractivity contribution in [2.75, 3.05) is 19.6 Å². The van der Waals surface area contributed by atoms with Gasteiger partial charge in [-0.2, -0.15) is 0 Å². The van der Waals surface area contributed by atoms with E-state index < -0.39 is 6.17 Å². The normalized spacial score (nSPS) is 27.8. The smallest absolute Gasteiger partial charge is 0.135 e. The van der Waals surface area contributed by atoms with Crippen molar-refractivity contribution < 1.29 is 4.39 Å². The predicted octanol–water partition coefficient (Wildman–Crippen LogP) is 2.44. The second-order valence-corrected chi connectivity index (χ2v) is 7.55. The Kier molecular flexibility index (Phi) is 4.65. The molecule has 5 nitrogen and oxygen atoms in total. The van der Waals surface area contributed by atoms with Crippen LogP contribution in [0.1, 0.15) is 24.8 Å². The summed E-state index contributed by atoms with van der Waals surface area (Å²) in [5, 5.41) is 8.80. The van der Waals surface area contributed by atoms with Gasteiger partial charge in [0.15, 0.2) is 0 Å². The predicted molar refractivity (Wildman–Crippen MR) is 98.8 cm³/mol. The van der Waals surface area contributed by atoms with Crippen molar-refractivity contribution in [3.8, 4) is 0 Å². The molecule has 25 heavy (non-hydrogen) atoms. The van der Waals surface area contributed by atoms with Gasteiger partial charge in [-0.3, -0.25) is 4.90 Å². The number of likely N-dealkylation sites (tertiary alicyclic amines) is 2. The van der Waals surface area contributed by atoms with Crippen molar-refractivity contribution in [3.05, 3.63) is 34.9 Å². The third-order valence-corrected chi connectivity index (χ3v) is 5.77. The molecule has 0 bridgehead atoms. The fourth-order valence-corrected chi connectivity index (χ4v) is 4.17. The van der Waals surface area contributed by atoms with Crippen LogP contribution in [0.15, 0.2) is 34.5 Å². The van der Waals surface area contributed by atoms with E-state index in [9.17, 15) is 4.39 Å². The van der Waals surface area contributed by atoms with Crippen LogP contribution < -0.4 is 5.73 Å². The molecule has 3 aliphatic rings. The number of rotatable bonds is 3. The van der Waals surface area contributed by atoms with Gasteiger partial charge in [-0.1, -0.05) is 23.7 Å². The zero-order chi connectivity index (χ0) is 17.4. The number of piperidine rings is 1. The molecule has 2 N–H and O–H groups in total. The molecule has 2 saturated heterocycles. The minimum absolute atomic E-state index is 0.0134. The number of nitrogens with two attached hydrogens (primary N) is 1. The summed E-state index contributed by atoms with van der Waals surface area (Å²) in [6.07, 6.45) is 2.72. The highest BCUT2D eigenvalue weighted by Crippen LogP contribution is 2.31. The SMILES string of the molecule is NC1=NN=C(N2CCC(N3C[C@@H](F)[C@@H]3Cc3ccc(Cl)cc3)CC2)C1. The molecule has 0 unspecified atom stereocenters. The van der Waals surface area contributed by atoms with E-state index in [-0.39, 0.29) is 6.04 Å². The lowest BCUT2D eigenvalue weighted by atomic mass is 9.88. The molecular weight excluding hydrogens is 341 g/mol. The summed E-state index contributed by atoms with van der Waals surface area (Å²) in [4.78, 5) is 4.61. The van der Waals surface area contributed by atoms with Gasteiger partial charge in [-0.05, 0) is 37.0 Å². The second kappa shape index (κ2) is 6.92. The molecule has 134 valence electrons. The van der Waals surface area contributed by atoms with Gasteiger partial charge in [-0.15, -0.1) is 10.2 Å². The highest BCUT2D eigenvalue weighted by molar-refractivity contribution is 6.30. The largest absolute Gasteiger partial charge is 0.385 e. The van der Waals surface area contributed by atoms with Crippen molar-refractivity contribution in [2.24, 2.45) is 15.9 Å². The van der Waals surface area contributed by atoms with Crippen LogP contribution in [0.4, 0.5) is 4.39 Å². The Balaban J connectivity index is 1.32. The van der Waals surface area contributed by atoms with Gasteiger partial charge >= 0.3 is 0 Å². The van der Waals surface area contributed by atoms with Gasteiger partial charge in [0.1, 0.15) is 17.8 Å². The summed E-state index contributed by atoms with van der Waals surface area (Å²) in [6.45, 7) is 2.43. The molecule has 3 aliphatic heterocycles. The van der Waals surface area contributed by atoms with Gasteiger partial charge in [0.25, 0.3) is 0 Å². The van der Waals surface area contributed by atoms with Gasteiger partial charge in [0.05, 0.1) is 6.42 Å². The lowest BCUT2D eigenvalue weighted by Gasteiger charge is -2.51. The first kappa shape index (κ1) is 16.8. The van der Waals surface area contributed by atoms with Gasteiger partial charge < -0.3 is 10.6 Å². The lowest BCUT2D eigenvalue weighted by molar-refractivity contribution is -0.0533. The van der Waals surface area contributed by atoms with Crippen LogP contribution in [0.5, 0.6) is 0 Å². The standard InChI is InChI=1S/C18H23ClFN5/c19-13-3-1-12(2-4-13)9-16-15(20)11-25(16)14-5-7-24(8-6-14)18-10-17(21)22-23-18/h1-4,14-16H,5-11H2,(H2,21,22)/t15-,16+/m1/s1. The summed E-state index contributed by atoms with van der Waals surface area (Å²) in [6, 6.07) is 8.18. The summed E-state index contributed by atoms with van der Waals surface area (Å²) >= 11 is 5.94. The number of hydrogen-bond donors (Lipinski definition) is 1. The van der Waals surface area contributed by atoms with Gasteiger partial charge in [-0.25, -0.2) is 4.39 Å². The molecule has 0 radical (unpaired) electrons. The number of hydrogen-bond acceptors (Lipinski definition) is 5. The van der Waals surface area contributed by atoms with Crippen LogP contribution in [0.25, 0.3) is 0 Å². The molecule has 2 atom stereocenters. The van der Waals surface area contributed by atoms with E-state index in [2.05, 4.69) is 20.0 Å². The van der Waals surface area contributed by atoms with E-state index in [1.54, 1.807) is 0 Å². The van der Waals surface area contributed by atoms with Crippen LogP contribution in [0, 0.1) is 0 Å². The molecule has 4 rings (SSSR count). The highest BCUT2D eigenvalue weighted by atomic mass is 35.5. The van der Waals surface area contributed by atoms with Crippen molar-refractivity contribution in [1.82, 2.24) is 9.80 Å². The van der Waals surface area contributed by atoms with Crippen LogP contribution in [0.3, 0.4) is 0 Å². The van der Waals surface area contributed by atoms with Crippen LogP contribution in [-0.2, 0) is 6.42 Å². The average molecular weight is 364 g/mol. The fourth-order valence-electron chi connectivity index (χ4n) is 4.04. The lowest BCUT2D eigenvalue weighted by Crippen LogP contribution is -2.64. The van der Waals surface area contributed by atoms with E-state index in [1.165, 1.54) is 0 Å². The van der Waals surface area contributed by atoms with Crippen molar-refractivity contribution in [2.45, 2.75) is 43.9 Å². The number of halogens is 2. The summed E-state index contributed by atoms with van der Waals surface area (Å²) in [5.74, 6) is 1.56. The Bertz CT molecular complexity index is 681. The Labute approximate surface area is 152 Å². The van der Waals surface area contributed by atoms with Crippen LogP contribution >= 0.6 is 11.6 Å². The average Bonchev–Trinajstić information content (AvgIpc) is 3.06. The third kappa shape index (κ3) is 3.51. The monoisotopic (exact) mass is 363 g/mol. The molecule has 2 fully saturated rings. The maximum Gasteiger partial charge on any atom is 0.135 e. The first-order valence-electron chi connectivity index (χ1n) is 8.88. The zero-order valence-electron chi connectivity index (χ0n) is 14.1. The molecule has 1 aromatic rings. The first-order chi connectivity index (χ1) is 12.1. The first-order valence-corrected chi connectivity index (χ1v) is 9.26. The highest BCUT2D eigenvalue weighted by Gasteiger charge is 2.43. The maximum atomic E-state index is 14.2. The number of benzene rings is 1. The molecule has 0 spiro atoms. The Morgan fingerprint density at radius 3 is 2.48 bits per heavy atom. The summed E-state index contributed by atoms with van der Waals surface area (Å²) in [7, 11) is 0. The Morgan fingerprint density at radius 1 is 1.16 bits per heavy atom. The molecular formula is C18H23ClFN5.